The van der Waals surface area contributed by atoms with Gasteiger partial charge in [-0.3, -0.25) is 0 Å². The summed E-state index contributed by atoms with van der Waals surface area (Å²) in [4.78, 5) is 4.45. The standard InChI is InChI=1S/C12H16N2O/c1-9-5-3-6-10-12(9)15-11(14-10)7-4-8-13-2/h3,5-6,13H,4,7-8H2,1-2H3. The highest BCUT2D eigenvalue weighted by molar-refractivity contribution is 5.75. The Morgan fingerprint density at radius 1 is 1.40 bits per heavy atom. The number of fused-ring (bicyclic) bond motifs is 1. The summed E-state index contributed by atoms with van der Waals surface area (Å²) < 4.78 is 5.71. The summed E-state index contributed by atoms with van der Waals surface area (Å²) in [5.41, 5.74) is 3.05. The fourth-order valence-electron chi connectivity index (χ4n) is 1.66. The van der Waals surface area contributed by atoms with Gasteiger partial charge in [-0.2, -0.15) is 0 Å². The van der Waals surface area contributed by atoms with Crippen LogP contribution in [0.2, 0.25) is 0 Å². The molecule has 0 aliphatic carbocycles. The molecular weight excluding hydrogens is 188 g/mol. The third-order valence-electron chi connectivity index (χ3n) is 2.47. The van der Waals surface area contributed by atoms with Crippen LogP contribution in [0, 0.1) is 6.92 Å². The van der Waals surface area contributed by atoms with Crippen molar-refractivity contribution in [2.75, 3.05) is 13.6 Å². The Hall–Kier alpha value is -1.35. The highest BCUT2D eigenvalue weighted by atomic mass is 16.3. The lowest BCUT2D eigenvalue weighted by Crippen LogP contribution is -2.08. The molecule has 0 saturated heterocycles. The molecule has 80 valence electrons. The van der Waals surface area contributed by atoms with Gasteiger partial charge < -0.3 is 9.73 Å². The second-order valence-corrected chi connectivity index (χ2v) is 3.74. The van der Waals surface area contributed by atoms with Crippen molar-refractivity contribution in [2.45, 2.75) is 19.8 Å². The molecule has 0 unspecified atom stereocenters. The number of para-hydroxylation sites is 1. The highest BCUT2D eigenvalue weighted by Crippen LogP contribution is 2.19. The summed E-state index contributed by atoms with van der Waals surface area (Å²) in [6.07, 6.45) is 1.96. The van der Waals surface area contributed by atoms with Gasteiger partial charge in [0.1, 0.15) is 5.52 Å². The number of hydrogen-bond acceptors (Lipinski definition) is 3. The predicted molar refractivity (Wildman–Crippen MR) is 61.0 cm³/mol. The topological polar surface area (TPSA) is 38.1 Å². The lowest BCUT2D eigenvalue weighted by molar-refractivity contribution is 0.514. The van der Waals surface area contributed by atoms with Crippen LogP contribution in [-0.4, -0.2) is 18.6 Å². The van der Waals surface area contributed by atoms with Gasteiger partial charge in [0.05, 0.1) is 0 Å². The molecule has 0 amide bonds. The van der Waals surface area contributed by atoms with Crippen molar-refractivity contribution in [2.24, 2.45) is 0 Å². The molecule has 0 aliphatic rings. The smallest absolute Gasteiger partial charge is 0.195 e. The molecule has 1 heterocycles. The fraction of sp³-hybridized carbons (Fsp3) is 0.417. The Morgan fingerprint density at radius 3 is 3.00 bits per heavy atom. The number of benzene rings is 1. The van der Waals surface area contributed by atoms with Gasteiger partial charge in [0, 0.05) is 6.42 Å². The normalized spacial score (nSPS) is 11.1. The van der Waals surface area contributed by atoms with E-state index in [1.54, 1.807) is 0 Å². The maximum Gasteiger partial charge on any atom is 0.195 e. The minimum Gasteiger partial charge on any atom is -0.440 e. The van der Waals surface area contributed by atoms with Crippen LogP contribution in [0.4, 0.5) is 0 Å². The van der Waals surface area contributed by atoms with E-state index in [1.807, 2.05) is 32.2 Å². The molecule has 1 N–H and O–H groups in total. The Labute approximate surface area is 89.5 Å². The average molecular weight is 204 g/mol. The molecule has 0 spiro atoms. The van der Waals surface area contributed by atoms with Crippen molar-refractivity contribution in [3.8, 4) is 0 Å². The van der Waals surface area contributed by atoms with Gasteiger partial charge in [-0.05, 0) is 38.6 Å². The van der Waals surface area contributed by atoms with E-state index in [1.165, 1.54) is 0 Å². The van der Waals surface area contributed by atoms with E-state index < -0.39 is 0 Å². The molecule has 0 saturated carbocycles. The molecule has 1 aromatic carbocycles. The number of aryl methyl sites for hydroxylation is 2. The van der Waals surface area contributed by atoms with E-state index in [0.717, 1.165) is 41.9 Å². The highest BCUT2D eigenvalue weighted by Gasteiger charge is 2.06. The molecule has 15 heavy (non-hydrogen) atoms. The first kappa shape index (κ1) is 10.2. The van der Waals surface area contributed by atoms with Crippen molar-refractivity contribution in [3.63, 3.8) is 0 Å². The van der Waals surface area contributed by atoms with Crippen LogP contribution >= 0.6 is 0 Å². The predicted octanol–water partition coefficient (Wildman–Crippen LogP) is 2.29. The first-order chi connectivity index (χ1) is 7.31. The zero-order chi connectivity index (χ0) is 10.7. The second-order valence-electron chi connectivity index (χ2n) is 3.74. The number of nitrogens with zero attached hydrogens (tertiary/aromatic N) is 1. The molecule has 0 bridgehead atoms. The van der Waals surface area contributed by atoms with E-state index in [-0.39, 0.29) is 0 Å². The fourth-order valence-corrected chi connectivity index (χ4v) is 1.66. The molecule has 3 heteroatoms. The molecule has 0 fully saturated rings. The lowest BCUT2D eigenvalue weighted by Gasteiger charge is -1.94. The molecular formula is C12H16N2O. The van der Waals surface area contributed by atoms with Crippen molar-refractivity contribution >= 4 is 11.1 Å². The maximum atomic E-state index is 5.71. The van der Waals surface area contributed by atoms with Crippen LogP contribution in [0.3, 0.4) is 0 Å². The third-order valence-corrected chi connectivity index (χ3v) is 2.47. The van der Waals surface area contributed by atoms with Crippen LogP contribution < -0.4 is 5.32 Å². The van der Waals surface area contributed by atoms with Crippen molar-refractivity contribution in [1.82, 2.24) is 10.3 Å². The summed E-state index contributed by atoms with van der Waals surface area (Å²) in [6, 6.07) is 6.05. The SMILES string of the molecule is CNCCCc1nc2cccc(C)c2o1. The first-order valence-corrected chi connectivity index (χ1v) is 5.31. The monoisotopic (exact) mass is 204 g/mol. The van der Waals surface area contributed by atoms with Crippen molar-refractivity contribution in [1.29, 1.82) is 0 Å². The van der Waals surface area contributed by atoms with Crippen LogP contribution in [0.15, 0.2) is 22.6 Å². The number of hydrogen-bond donors (Lipinski definition) is 1. The minimum absolute atomic E-state index is 0.842. The Balaban J connectivity index is 2.20. The Bertz CT molecular complexity index is 448. The van der Waals surface area contributed by atoms with Crippen LogP contribution in [0.5, 0.6) is 0 Å². The van der Waals surface area contributed by atoms with E-state index in [0.29, 0.717) is 0 Å². The van der Waals surface area contributed by atoms with Gasteiger partial charge in [0.2, 0.25) is 0 Å². The minimum atomic E-state index is 0.842. The molecule has 0 aliphatic heterocycles. The average Bonchev–Trinajstić information content (AvgIpc) is 2.63. The van der Waals surface area contributed by atoms with Crippen molar-refractivity contribution in [3.05, 3.63) is 29.7 Å². The van der Waals surface area contributed by atoms with Crippen LogP contribution in [0.25, 0.3) is 11.1 Å². The summed E-state index contributed by atoms with van der Waals surface area (Å²) >= 11 is 0. The number of nitrogens with one attached hydrogen (secondary N) is 1. The van der Waals surface area contributed by atoms with Gasteiger partial charge in [-0.1, -0.05) is 12.1 Å². The van der Waals surface area contributed by atoms with Crippen molar-refractivity contribution < 1.29 is 4.42 Å². The van der Waals surface area contributed by atoms with E-state index in [4.69, 9.17) is 4.42 Å². The summed E-state index contributed by atoms with van der Waals surface area (Å²) in [5.74, 6) is 0.842. The molecule has 2 rings (SSSR count). The summed E-state index contributed by atoms with van der Waals surface area (Å²) in [7, 11) is 1.95. The summed E-state index contributed by atoms with van der Waals surface area (Å²) in [6.45, 7) is 3.04. The largest absolute Gasteiger partial charge is 0.440 e. The third kappa shape index (κ3) is 2.18. The quantitative estimate of drug-likeness (QED) is 0.776. The second kappa shape index (κ2) is 4.45. The van der Waals surface area contributed by atoms with Gasteiger partial charge >= 0.3 is 0 Å². The zero-order valence-electron chi connectivity index (χ0n) is 9.21. The van der Waals surface area contributed by atoms with Gasteiger partial charge in [-0.15, -0.1) is 0 Å². The first-order valence-electron chi connectivity index (χ1n) is 5.31. The molecule has 1 aromatic heterocycles. The van der Waals surface area contributed by atoms with E-state index >= 15 is 0 Å². The maximum absolute atomic E-state index is 5.71. The lowest BCUT2D eigenvalue weighted by atomic mass is 10.2. The Kier molecular flexibility index (Phi) is 3.02. The number of rotatable bonds is 4. The van der Waals surface area contributed by atoms with Gasteiger partial charge in [0.25, 0.3) is 0 Å². The van der Waals surface area contributed by atoms with Crippen LogP contribution in [-0.2, 0) is 6.42 Å². The molecule has 2 aromatic rings. The van der Waals surface area contributed by atoms with Gasteiger partial charge in [-0.25, -0.2) is 4.98 Å². The zero-order valence-corrected chi connectivity index (χ0v) is 9.21. The number of oxazole rings is 1. The van der Waals surface area contributed by atoms with E-state index in [2.05, 4.69) is 10.3 Å². The van der Waals surface area contributed by atoms with E-state index in [9.17, 15) is 0 Å². The number of aromatic nitrogens is 1. The molecule has 0 atom stereocenters. The summed E-state index contributed by atoms with van der Waals surface area (Å²) in [5, 5.41) is 3.11. The van der Waals surface area contributed by atoms with Gasteiger partial charge in [0.15, 0.2) is 11.5 Å². The molecule has 0 radical (unpaired) electrons. The molecule has 3 nitrogen and oxygen atoms in total. The van der Waals surface area contributed by atoms with Crippen LogP contribution in [0.1, 0.15) is 17.9 Å². The Morgan fingerprint density at radius 2 is 2.27 bits per heavy atom.